The zero-order chi connectivity index (χ0) is 12.9. The Labute approximate surface area is 98.7 Å². The van der Waals surface area contributed by atoms with Gasteiger partial charge in [0.25, 0.3) is 0 Å². The molecule has 17 heavy (non-hydrogen) atoms. The van der Waals surface area contributed by atoms with Crippen molar-refractivity contribution < 1.29 is 22.7 Å². The van der Waals surface area contributed by atoms with Gasteiger partial charge < -0.3 is 10.1 Å². The Balaban J connectivity index is 2.25. The molecule has 1 aliphatic rings. The normalized spacial score (nSPS) is 19.8. The van der Waals surface area contributed by atoms with Gasteiger partial charge in [-0.05, 0) is 25.7 Å². The van der Waals surface area contributed by atoms with Gasteiger partial charge in [-0.25, -0.2) is 4.79 Å². The summed E-state index contributed by atoms with van der Waals surface area (Å²) < 4.78 is 39.5. The van der Waals surface area contributed by atoms with Gasteiger partial charge in [0.1, 0.15) is 0 Å². The second-order valence-corrected chi connectivity index (χ2v) is 4.52. The van der Waals surface area contributed by atoms with Crippen molar-refractivity contribution in [3.05, 3.63) is 0 Å². The Bertz CT molecular complexity index is 250. The van der Waals surface area contributed by atoms with Crippen LogP contribution in [0.3, 0.4) is 0 Å². The molecule has 1 saturated carbocycles. The lowest BCUT2D eigenvalue weighted by molar-refractivity contribution is -0.160. The lowest BCUT2D eigenvalue weighted by Gasteiger charge is -2.27. The van der Waals surface area contributed by atoms with E-state index in [0.29, 0.717) is 5.92 Å². The molecule has 0 spiro atoms. The molecule has 0 unspecified atom stereocenters. The van der Waals surface area contributed by atoms with E-state index >= 15 is 0 Å². The van der Waals surface area contributed by atoms with Crippen LogP contribution in [0, 0.1) is 5.92 Å². The molecule has 0 radical (unpaired) electrons. The van der Waals surface area contributed by atoms with Gasteiger partial charge in [0.05, 0.1) is 0 Å². The number of halogens is 3. The number of alkyl halides is 3. The Morgan fingerprint density at radius 1 is 1.35 bits per heavy atom. The highest BCUT2D eigenvalue weighted by molar-refractivity contribution is 5.67. The van der Waals surface area contributed by atoms with Gasteiger partial charge in [0, 0.05) is 6.04 Å². The van der Waals surface area contributed by atoms with E-state index in [2.05, 4.69) is 10.1 Å². The largest absolute Gasteiger partial charge is 0.440 e. The van der Waals surface area contributed by atoms with Crippen molar-refractivity contribution in [3.8, 4) is 0 Å². The Morgan fingerprint density at radius 3 is 2.47 bits per heavy atom. The topological polar surface area (TPSA) is 38.3 Å². The molecule has 1 N–H and O–H groups in total. The number of nitrogens with one attached hydrogen (secondary N) is 1. The highest BCUT2D eigenvalue weighted by atomic mass is 19.4. The number of hydrogen-bond donors (Lipinski definition) is 1. The van der Waals surface area contributed by atoms with Crippen LogP contribution in [0.2, 0.25) is 0 Å². The first-order valence-corrected chi connectivity index (χ1v) is 5.88. The number of alkyl carbamates (subject to hydrolysis) is 1. The minimum absolute atomic E-state index is 0.129. The third kappa shape index (κ3) is 5.79. The molecule has 0 aliphatic heterocycles. The number of amides is 1. The molecule has 100 valence electrons. The summed E-state index contributed by atoms with van der Waals surface area (Å²) in [5.74, 6) is 0.349. The van der Waals surface area contributed by atoms with Crippen molar-refractivity contribution in [3.63, 3.8) is 0 Å². The van der Waals surface area contributed by atoms with Crippen molar-refractivity contribution in [2.45, 2.75) is 51.2 Å². The predicted molar refractivity (Wildman–Crippen MR) is 56.6 cm³/mol. The Morgan fingerprint density at radius 2 is 1.94 bits per heavy atom. The fraction of sp³-hybridized carbons (Fsp3) is 0.909. The average molecular weight is 253 g/mol. The molecule has 0 aromatic carbocycles. The molecule has 1 amide bonds. The Hall–Kier alpha value is -0.940. The zero-order valence-corrected chi connectivity index (χ0v) is 9.85. The van der Waals surface area contributed by atoms with Gasteiger partial charge in [-0.3, -0.25) is 0 Å². The Kier molecular flexibility index (Phi) is 5.08. The molecule has 0 bridgehead atoms. The lowest BCUT2D eigenvalue weighted by Crippen LogP contribution is -2.40. The van der Waals surface area contributed by atoms with Crippen molar-refractivity contribution in [1.82, 2.24) is 5.32 Å². The summed E-state index contributed by atoms with van der Waals surface area (Å²) in [6.07, 6.45) is 0.0114. The van der Waals surface area contributed by atoms with Gasteiger partial charge in [-0.2, -0.15) is 13.2 Å². The average Bonchev–Trinajstić information content (AvgIpc) is 2.27. The van der Waals surface area contributed by atoms with Crippen LogP contribution < -0.4 is 5.32 Å². The van der Waals surface area contributed by atoms with Gasteiger partial charge in [0.2, 0.25) is 0 Å². The molecule has 0 aromatic heterocycles. The van der Waals surface area contributed by atoms with Gasteiger partial charge in [-0.1, -0.05) is 19.3 Å². The maximum Gasteiger partial charge on any atom is 0.422 e. The summed E-state index contributed by atoms with van der Waals surface area (Å²) in [6, 6.07) is -0.129. The van der Waals surface area contributed by atoms with E-state index in [9.17, 15) is 18.0 Å². The highest BCUT2D eigenvalue weighted by Gasteiger charge is 2.30. The number of carbonyl (C=O) groups excluding carboxylic acids is 1. The van der Waals surface area contributed by atoms with Crippen molar-refractivity contribution in [2.75, 3.05) is 6.61 Å². The third-order valence-electron chi connectivity index (χ3n) is 3.07. The summed E-state index contributed by atoms with van der Waals surface area (Å²) in [7, 11) is 0. The van der Waals surface area contributed by atoms with Gasteiger partial charge in [0.15, 0.2) is 6.61 Å². The molecule has 1 aliphatic carbocycles. The molecular formula is C11H18F3NO2. The first-order chi connectivity index (χ1) is 7.88. The molecule has 1 fully saturated rings. The van der Waals surface area contributed by atoms with Crippen LogP contribution in [0.25, 0.3) is 0 Å². The maximum atomic E-state index is 11.8. The summed E-state index contributed by atoms with van der Waals surface area (Å²) in [5.41, 5.74) is 0. The summed E-state index contributed by atoms with van der Waals surface area (Å²) in [4.78, 5) is 11.1. The van der Waals surface area contributed by atoms with Gasteiger partial charge >= 0.3 is 12.3 Å². The van der Waals surface area contributed by atoms with Crippen LogP contribution >= 0.6 is 0 Å². The van der Waals surface area contributed by atoms with Crippen molar-refractivity contribution in [2.24, 2.45) is 5.92 Å². The highest BCUT2D eigenvalue weighted by Crippen LogP contribution is 2.26. The molecule has 1 rings (SSSR count). The van der Waals surface area contributed by atoms with Crippen LogP contribution in [-0.2, 0) is 4.74 Å². The quantitative estimate of drug-likeness (QED) is 0.838. The minimum atomic E-state index is -4.47. The van der Waals surface area contributed by atoms with Crippen LogP contribution in [0.15, 0.2) is 0 Å². The fourth-order valence-corrected chi connectivity index (χ4v) is 2.13. The van der Waals surface area contributed by atoms with E-state index in [0.717, 1.165) is 25.7 Å². The van der Waals surface area contributed by atoms with E-state index in [4.69, 9.17) is 0 Å². The SMILES string of the molecule is C[C@H](NC(=O)OCC(F)(F)F)C1CCCCC1. The van der Waals surface area contributed by atoms with Crippen LogP contribution in [0.4, 0.5) is 18.0 Å². The third-order valence-corrected chi connectivity index (χ3v) is 3.07. The molecular weight excluding hydrogens is 235 g/mol. The standard InChI is InChI=1S/C11H18F3NO2/c1-8(9-5-3-2-4-6-9)15-10(16)17-7-11(12,13)14/h8-9H,2-7H2,1H3,(H,15,16)/t8-/m0/s1. The van der Waals surface area contributed by atoms with E-state index in [-0.39, 0.29) is 6.04 Å². The number of hydrogen-bond acceptors (Lipinski definition) is 2. The first kappa shape index (κ1) is 14.1. The number of ether oxygens (including phenoxy) is 1. The second kappa shape index (κ2) is 6.12. The van der Waals surface area contributed by atoms with E-state index in [1.165, 1.54) is 6.42 Å². The maximum absolute atomic E-state index is 11.8. The van der Waals surface area contributed by atoms with Crippen molar-refractivity contribution >= 4 is 6.09 Å². The molecule has 0 heterocycles. The van der Waals surface area contributed by atoms with Crippen LogP contribution in [0.1, 0.15) is 39.0 Å². The van der Waals surface area contributed by atoms with Crippen LogP contribution in [0.5, 0.6) is 0 Å². The second-order valence-electron chi connectivity index (χ2n) is 4.52. The van der Waals surface area contributed by atoms with E-state index < -0.39 is 18.9 Å². The summed E-state index contributed by atoms with van der Waals surface area (Å²) in [5, 5.41) is 2.46. The predicted octanol–water partition coefficient (Wildman–Crippen LogP) is 3.24. The van der Waals surface area contributed by atoms with Crippen LogP contribution in [-0.4, -0.2) is 24.9 Å². The van der Waals surface area contributed by atoms with E-state index in [1.807, 2.05) is 6.92 Å². The number of carbonyl (C=O) groups is 1. The van der Waals surface area contributed by atoms with Gasteiger partial charge in [-0.15, -0.1) is 0 Å². The zero-order valence-electron chi connectivity index (χ0n) is 9.85. The molecule has 6 heteroatoms. The molecule has 1 atom stereocenters. The summed E-state index contributed by atoms with van der Waals surface area (Å²) in [6.45, 7) is 0.279. The molecule has 3 nitrogen and oxygen atoms in total. The molecule has 0 aromatic rings. The number of rotatable bonds is 3. The minimum Gasteiger partial charge on any atom is -0.440 e. The summed E-state index contributed by atoms with van der Waals surface area (Å²) >= 11 is 0. The molecule has 0 saturated heterocycles. The first-order valence-electron chi connectivity index (χ1n) is 5.88. The van der Waals surface area contributed by atoms with Crippen molar-refractivity contribution in [1.29, 1.82) is 0 Å². The fourth-order valence-electron chi connectivity index (χ4n) is 2.13. The smallest absolute Gasteiger partial charge is 0.422 e. The van der Waals surface area contributed by atoms with E-state index in [1.54, 1.807) is 0 Å². The lowest BCUT2D eigenvalue weighted by atomic mass is 9.85. The monoisotopic (exact) mass is 253 g/mol.